The number of ether oxygens (including phenoxy) is 1. The van der Waals surface area contributed by atoms with Crippen LogP contribution in [0.4, 0.5) is 0 Å². The van der Waals surface area contributed by atoms with Crippen molar-refractivity contribution < 1.29 is 9.53 Å². The number of hydrogen-bond donors (Lipinski definition) is 1. The molecule has 8 heteroatoms. The number of aromatic amines is 1. The van der Waals surface area contributed by atoms with Crippen LogP contribution in [0.5, 0.6) is 5.88 Å². The van der Waals surface area contributed by atoms with Crippen LogP contribution in [-0.2, 0) is 0 Å². The summed E-state index contributed by atoms with van der Waals surface area (Å²) in [7, 11) is 0. The van der Waals surface area contributed by atoms with Crippen LogP contribution < -0.4 is 10.3 Å². The fourth-order valence-electron chi connectivity index (χ4n) is 2.50. The van der Waals surface area contributed by atoms with Gasteiger partial charge in [-0.3, -0.25) is 9.59 Å². The van der Waals surface area contributed by atoms with Crippen LogP contribution >= 0.6 is 11.6 Å². The number of rotatable bonds is 3. The summed E-state index contributed by atoms with van der Waals surface area (Å²) < 4.78 is 5.79. The van der Waals surface area contributed by atoms with E-state index in [1.807, 2.05) is 0 Å². The highest BCUT2D eigenvalue weighted by Gasteiger charge is 2.26. The van der Waals surface area contributed by atoms with Crippen LogP contribution in [0.25, 0.3) is 0 Å². The number of nitrogens with one attached hydrogen (secondary N) is 1. The van der Waals surface area contributed by atoms with Crippen LogP contribution in [0.1, 0.15) is 23.2 Å². The minimum Gasteiger partial charge on any atom is -0.472 e. The largest absolute Gasteiger partial charge is 0.472 e. The third-order valence-electron chi connectivity index (χ3n) is 3.61. The van der Waals surface area contributed by atoms with Gasteiger partial charge in [-0.1, -0.05) is 11.6 Å². The van der Waals surface area contributed by atoms with Crippen LogP contribution in [0.3, 0.4) is 0 Å². The minimum atomic E-state index is -0.410. The summed E-state index contributed by atoms with van der Waals surface area (Å²) in [6, 6.07) is 3.07. The molecule has 0 radical (unpaired) electrons. The molecular weight excluding hydrogens is 320 g/mol. The molecular formula is C15H15ClN4O3. The molecule has 7 nitrogen and oxygen atoms in total. The van der Waals surface area contributed by atoms with Gasteiger partial charge in [0.05, 0.1) is 12.1 Å². The van der Waals surface area contributed by atoms with E-state index in [4.69, 9.17) is 16.3 Å². The Bertz CT molecular complexity index is 750. The van der Waals surface area contributed by atoms with Crippen molar-refractivity contribution in [3.05, 3.63) is 51.8 Å². The van der Waals surface area contributed by atoms with Gasteiger partial charge in [0, 0.05) is 25.0 Å². The van der Waals surface area contributed by atoms with Gasteiger partial charge in [0.15, 0.2) is 0 Å². The average Bonchev–Trinajstić information content (AvgIpc) is 2.58. The number of halogens is 1. The summed E-state index contributed by atoms with van der Waals surface area (Å²) in [6.45, 7) is 1.10. The Kier molecular flexibility index (Phi) is 4.57. The van der Waals surface area contributed by atoms with Crippen molar-refractivity contribution in [3.8, 4) is 5.88 Å². The Hall–Kier alpha value is -2.41. The quantitative estimate of drug-likeness (QED) is 0.919. The first-order valence-electron chi connectivity index (χ1n) is 7.23. The van der Waals surface area contributed by atoms with Crippen molar-refractivity contribution in [2.45, 2.75) is 18.9 Å². The highest BCUT2D eigenvalue weighted by atomic mass is 35.5. The molecule has 0 aliphatic carbocycles. The van der Waals surface area contributed by atoms with E-state index in [0.717, 1.165) is 12.8 Å². The second-order valence-electron chi connectivity index (χ2n) is 5.25. The van der Waals surface area contributed by atoms with Crippen molar-refractivity contribution in [1.82, 2.24) is 19.9 Å². The molecule has 3 rings (SSSR count). The van der Waals surface area contributed by atoms with E-state index >= 15 is 0 Å². The number of carbonyl (C=O) groups excluding carboxylic acids is 1. The zero-order chi connectivity index (χ0) is 16.2. The van der Waals surface area contributed by atoms with Crippen molar-refractivity contribution in [1.29, 1.82) is 0 Å². The van der Waals surface area contributed by atoms with Gasteiger partial charge in [-0.2, -0.15) is 0 Å². The SMILES string of the molecule is O=C(c1c[nH]c(=O)c(Cl)c1)N1CCCC(Oc2ccncn2)C1. The van der Waals surface area contributed by atoms with Gasteiger partial charge in [-0.25, -0.2) is 9.97 Å². The van der Waals surface area contributed by atoms with E-state index in [9.17, 15) is 9.59 Å². The molecule has 120 valence electrons. The topological polar surface area (TPSA) is 88.2 Å². The standard InChI is InChI=1S/C15H15ClN4O3/c16-12-6-10(7-18-14(12)21)15(22)20-5-1-2-11(8-20)23-13-3-4-17-9-19-13/h3-4,6-7,9,11H,1-2,5,8H2,(H,18,21). The number of carbonyl (C=O) groups is 1. The predicted molar refractivity (Wildman–Crippen MR) is 83.7 cm³/mol. The third-order valence-corrected chi connectivity index (χ3v) is 3.89. The molecule has 1 fully saturated rings. The minimum absolute atomic E-state index is 0.00152. The number of aromatic nitrogens is 3. The summed E-state index contributed by atoms with van der Waals surface area (Å²) in [5.74, 6) is 0.311. The molecule has 1 amide bonds. The zero-order valence-electron chi connectivity index (χ0n) is 12.2. The number of amides is 1. The van der Waals surface area contributed by atoms with E-state index in [0.29, 0.717) is 24.5 Å². The molecule has 23 heavy (non-hydrogen) atoms. The average molecular weight is 335 g/mol. The maximum Gasteiger partial charge on any atom is 0.266 e. The lowest BCUT2D eigenvalue weighted by Crippen LogP contribution is -2.44. The van der Waals surface area contributed by atoms with Gasteiger partial charge in [0.2, 0.25) is 5.88 Å². The van der Waals surface area contributed by atoms with E-state index in [-0.39, 0.29) is 17.0 Å². The molecule has 1 N–H and O–H groups in total. The fraction of sp³-hybridized carbons (Fsp3) is 0.333. The molecule has 3 heterocycles. The lowest BCUT2D eigenvalue weighted by atomic mass is 10.1. The highest BCUT2D eigenvalue weighted by Crippen LogP contribution is 2.18. The monoisotopic (exact) mass is 334 g/mol. The predicted octanol–water partition coefficient (Wildman–Crippen LogP) is 1.50. The molecule has 1 unspecified atom stereocenters. The lowest BCUT2D eigenvalue weighted by Gasteiger charge is -2.32. The maximum absolute atomic E-state index is 12.5. The molecule has 1 saturated heterocycles. The number of hydrogen-bond acceptors (Lipinski definition) is 5. The Morgan fingerprint density at radius 1 is 1.48 bits per heavy atom. The Morgan fingerprint density at radius 3 is 3.09 bits per heavy atom. The maximum atomic E-state index is 12.5. The normalized spacial score (nSPS) is 17.8. The summed E-state index contributed by atoms with van der Waals surface area (Å²) in [5, 5.41) is 0.00152. The van der Waals surface area contributed by atoms with Gasteiger partial charge in [0.1, 0.15) is 17.5 Å². The fourth-order valence-corrected chi connectivity index (χ4v) is 2.67. The number of H-pyrrole nitrogens is 1. The second-order valence-corrected chi connectivity index (χ2v) is 5.65. The number of pyridine rings is 1. The molecule has 2 aromatic heterocycles. The first-order valence-corrected chi connectivity index (χ1v) is 7.61. The number of nitrogens with zero attached hydrogens (tertiary/aromatic N) is 3. The van der Waals surface area contributed by atoms with Gasteiger partial charge in [-0.15, -0.1) is 0 Å². The summed E-state index contributed by atoms with van der Waals surface area (Å²) >= 11 is 5.78. The summed E-state index contributed by atoms with van der Waals surface area (Å²) in [4.78, 5) is 35.8. The Balaban J connectivity index is 1.69. The molecule has 0 bridgehead atoms. The van der Waals surface area contributed by atoms with Gasteiger partial charge < -0.3 is 14.6 Å². The zero-order valence-corrected chi connectivity index (χ0v) is 13.0. The van der Waals surface area contributed by atoms with Gasteiger partial charge in [-0.05, 0) is 18.9 Å². The first kappa shape index (κ1) is 15.5. The van der Waals surface area contributed by atoms with Crippen LogP contribution in [0.2, 0.25) is 5.02 Å². The number of likely N-dealkylation sites (tertiary alicyclic amines) is 1. The second kappa shape index (κ2) is 6.78. The van der Waals surface area contributed by atoms with E-state index in [1.54, 1.807) is 17.2 Å². The molecule has 1 atom stereocenters. The van der Waals surface area contributed by atoms with Crippen LogP contribution in [0, 0.1) is 0 Å². The molecule has 0 saturated carbocycles. The third kappa shape index (κ3) is 3.68. The van der Waals surface area contributed by atoms with Crippen LogP contribution in [0.15, 0.2) is 35.6 Å². The first-order chi connectivity index (χ1) is 11.1. The van der Waals surface area contributed by atoms with E-state index < -0.39 is 5.56 Å². The van der Waals surface area contributed by atoms with Gasteiger partial charge >= 0.3 is 0 Å². The number of piperidine rings is 1. The van der Waals surface area contributed by atoms with Crippen molar-refractivity contribution in [3.63, 3.8) is 0 Å². The highest BCUT2D eigenvalue weighted by molar-refractivity contribution is 6.30. The molecule has 1 aliphatic rings. The van der Waals surface area contributed by atoms with Crippen molar-refractivity contribution in [2.24, 2.45) is 0 Å². The molecule has 2 aromatic rings. The summed E-state index contributed by atoms with van der Waals surface area (Å²) in [6.07, 6.45) is 5.96. The Labute approximate surface area is 137 Å². The van der Waals surface area contributed by atoms with E-state index in [2.05, 4.69) is 15.0 Å². The van der Waals surface area contributed by atoms with Gasteiger partial charge in [0.25, 0.3) is 11.5 Å². The lowest BCUT2D eigenvalue weighted by molar-refractivity contribution is 0.0527. The molecule has 0 spiro atoms. The summed E-state index contributed by atoms with van der Waals surface area (Å²) in [5.41, 5.74) is -0.0517. The van der Waals surface area contributed by atoms with E-state index in [1.165, 1.54) is 18.6 Å². The Morgan fingerprint density at radius 2 is 2.35 bits per heavy atom. The molecule has 1 aliphatic heterocycles. The van der Waals surface area contributed by atoms with Crippen LogP contribution in [-0.4, -0.2) is 45.0 Å². The van der Waals surface area contributed by atoms with Crippen molar-refractivity contribution in [2.75, 3.05) is 13.1 Å². The smallest absolute Gasteiger partial charge is 0.266 e. The van der Waals surface area contributed by atoms with Crippen molar-refractivity contribution >= 4 is 17.5 Å². The molecule has 0 aromatic carbocycles.